The average Bonchev–Trinajstić information content (AvgIpc) is 2.84. The maximum absolute atomic E-state index is 13.0. The summed E-state index contributed by atoms with van der Waals surface area (Å²) in [7, 11) is 0. The fraction of sp³-hybridized carbons (Fsp3) is 0.0714. The summed E-state index contributed by atoms with van der Waals surface area (Å²) in [6, 6.07) is 25.0. The number of nitrogens with one attached hydrogen (secondary N) is 3. The number of alkyl halides is 3. The first-order chi connectivity index (χ1) is 17.2. The number of halogens is 3. The standard InChI is InChI=1S/C28H22F3N3O2/c1-18-7-5-10-20(15-18)24-14-13-23(32-26(35)19-8-3-2-4-9-19)17-25(24)34-27(36)33-22-12-6-11-21(16-22)28(29,30)31/h2-17H,1H3,(H,32,35)(H2,33,34,36). The van der Waals surface area contributed by atoms with Crippen LogP contribution in [0.5, 0.6) is 0 Å². The van der Waals surface area contributed by atoms with Crippen molar-refractivity contribution in [3.63, 3.8) is 0 Å². The maximum atomic E-state index is 13.0. The van der Waals surface area contributed by atoms with E-state index in [0.29, 0.717) is 22.5 Å². The van der Waals surface area contributed by atoms with Crippen LogP contribution in [0, 0.1) is 6.92 Å². The second kappa shape index (κ2) is 10.4. The normalized spacial score (nSPS) is 11.0. The highest BCUT2D eigenvalue weighted by Gasteiger charge is 2.30. The van der Waals surface area contributed by atoms with Gasteiger partial charge in [0, 0.05) is 22.5 Å². The molecule has 0 aliphatic carbocycles. The third-order valence-corrected chi connectivity index (χ3v) is 5.34. The van der Waals surface area contributed by atoms with Gasteiger partial charge in [-0.1, -0.05) is 60.2 Å². The van der Waals surface area contributed by atoms with Gasteiger partial charge in [0.05, 0.1) is 11.3 Å². The van der Waals surface area contributed by atoms with Crippen LogP contribution in [0.4, 0.5) is 35.0 Å². The van der Waals surface area contributed by atoms with E-state index in [4.69, 9.17) is 0 Å². The van der Waals surface area contributed by atoms with Gasteiger partial charge in [0.2, 0.25) is 0 Å². The first-order valence-electron chi connectivity index (χ1n) is 11.0. The molecule has 8 heteroatoms. The number of hydrogen-bond acceptors (Lipinski definition) is 2. The predicted molar refractivity (Wildman–Crippen MR) is 135 cm³/mol. The van der Waals surface area contributed by atoms with Gasteiger partial charge in [-0.2, -0.15) is 13.2 Å². The molecule has 0 bridgehead atoms. The molecule has 0 unspecified atom stereocenters. The number of carbonyl (C=O) groups excluding carboxylic acids is 2. The van der Waals surface area contributed by atoms with Gasteiger partial charge in [-0.25, -0.2) is 4.79 Å². The van der Waals surface area contributed by atoms with Gasteiger partial charge >= 0.3 is 12.2 Å². The van der Waals surface area contributed by atoms with Gasteiger partial charge in [0.25, 0.3) is 5.91 Å². The Hall–Kier alpha value is -4.59. The first-order valence-corrected chi connectivity index (χ1v) is 11.0. The summed E-state index contributed by atoms with van der Waals surface area (Å²) in [5, 5.41) is 7.95. The Bertz CT molecular complexity index is 1400. The van der Waals surface area contributed by atoms with Crippen molar-refractivity contribution < 1.29 is 22.8 Å². The molecule has 3 amide bonds. The minimum absolute atomic E-state index is 0.00651. The van der Waals surface area contributed by atoms with Crippen LogP contribution in [-0.2, 0) is 6.18 Å². The molecule has 4 aromatic carbocycles. The van der Waals surface area contributed by atoms with E-state index in [1.807, 2.05) is 31.2 Å². The van der Waals surface area contributed by atoms with E-state index >= 15 is 0 Å². The van der Waals surface area contributed by atoms with E-state index in [2.05, 4.69) is 16.0 Å². The van der Waals surface area contributed by atoms with Crippen molar-refractivity contribution in [2.24, 2.45) is 0 Å². The third-order valence-electron chi connectivity index (χ3n) is 5.34. The molecule has 0 radical (unpaired) electrons. The van der Waals surface area contributed by atoms with Crippen LogP contribution in [-0.4, -0.2) is 11.9 Å². The highest BCUT2D eigenvalue weighted by molar-refractivity contribution is 6.06. The molecule has 0 saturated carbocycles. The van der Waals surface area contributed by atoms with Crippen molar-refractivity contribution in [2.75, 3.05) is 16.0 Å². The number of aryl methyl sites for hydroxylation is 1. The number of amides is 3. The molecular weight excluding hydrogens is 467 g/mol. The Balaban J connectivity index is 1.61. The van der Waals surface area contributed by atoms with Crippen molar-refractivity contribution >= 4 is 29.0 Å². The summed E-state index contributed by atoms with van der Waals surface area (Å²) in [6.07, 6.45) is -4.53. The summed E-state index contributed by atoms with van der Waals surface area (Å²) in [5.74, 6) is -0.321. The fourth-order valence-corrected chi connectivity index (χ4v) is 3.64. The molecule has 182 valence electrons. The highest BCUT2D eigenvalue weighted by Crippen LogP contribution is 2.33. The molecule has 4 rings (SSSR count). The molecule has 0 spiro atoms. The highest BCUT2D eigenvalue weighted by atomic mass is 19.4. The lowest BCUT2D eigenvalue weighted by molar-refractivity contribution is -0.137. The Morgan fingerprint density at radius 3 is 2.14 bits per heavy atom. The summed E-state index contributed by atoms with van der Waals surface area (Å²) in [4.78, 5) is 25.4. The molecule has 36 heavy (non-hydrogen) atoms. The summed E-state index contributed by atoms with van der Waals surface area (Å²) >= 11 is 0. The van der Waals surface area contributed by atoms with E-state index in [1.165, 1.54) is 12.1 Å². The fourth-order valence-electron chi connectivity index (χ4n) is 3.64. The average molecular weight is 489 g/mol. The van der Waals surface area contributed by atoms with Gasteiger partial charge in [0.15, 0.2) is 0 Å². The molecule has 0 aliphatic rings. The van der Waals surface area contributed by atoms with Crippen LogP contribution >= 0.6 is 0 Å². The van der Waals surface area contributed by atoms with Gasteiger partial charge < -0.3 is 16.0 Å². The zero-order valence-electron chi connectivity index (χ0n) is 19.2. The smallest absolute Gasteiger partial charge is 0.322 e. The first kappa shape index (κ1) is 24.5. The van der Waals surface area contributed by atoms with E-state index in [-0.39, 0.29) is 11.6 Å². The van der Waals surface area contributed by atoms with Crippen LogP contribution in [0.15, 0.2) is 97.1 Å². The Labute approximate surface area is 206 Å². The third kappa shape index (κ3) is 6.09. The summed E-state index contributed by atoms with van der Waals surface area (Å²) in [5.41, 5.74) is 2.91. The van der Waals surface area contributed by atoms with Crippen molar-refractivity contribution in [3.8, 4) is 11.1 Å². The molecular formula is C28H22F3N3O2. The lowest BCUT2D eigenvalue weighted by Gasteiger charge is -2.16. The summed E-state index contributed by atoms with van der Waals surface area (Å²) < 4.78 is 39.1. The number of carbonyl (C=O) groups is 2. The molecule has 5 nitrogen and oxygen atoms in total. The number of anilines is 3. The second-order valence-corrected chi connectivity index (χ2v) is 8.11. The van der Waals surface area contributed by atoms with Gasteiger partial charge in [-0.15, -0.1) is 0 Å². The molecule has 0 aromatic heterocycles. The van der Waals surface area contributed by atoms with Crippen molar-refractivity contribution in [1.29, 1.82) is 0 Å². The zero-order valence-corrected chi connectivity index (χ0v) is 19.2. The maximum Gasteiger partial charge on any atom is 0.416 e. The number of rotatable bonds is 5. The van der Waals surface area contributed by atoms with Gasteiger partial charge in [0.1, 0.15) is 0 Å². The van der Waals surface area contributed by atoms with Crippen molar-refractivity contribution in [1.82, 2.24) is 0 Å². The van der Waals surface area contributed by atoms with Crippen LogP contribution in [0.2, 0.25) is 0 Å². The SMILES string of the molecule is Cc1cccc(-c2ccc(NC(=O)c3ccccc3)cc2NC(=O)Nc2cccc(C(F)(F)F)c2)c1. The van der Waals surface area contributed by atoms with Crippen LogP contribution in [0.1, 0.15) is 21.5 Å². The summed E-state index contributed by atoms with van der Waals surface area (Å²) in [6.45, 7) is 1.94. The quantitative estimate of drug-likeness (QED) is 0.270. The topological polar surface area (TPSA) is 70.2 Å². The number of benzene rings is 4. The molecule has 0 fully saturated rings. The predicted octanol–water partition coefficient (Wildman–Crippen LogP) is 7.58. The largest absolute Gasteiger partial charge is 0.416 e. The lowest BCUT2D eigenvalue weighted by atomic mass is 10.0. The van der Waals surface area contributed by atoms with E-state index < -0.39 is 17.8 Å². The monoisotopic (exact) mass is 489 g/mol. The zero-order chi connectivity index (χ0) is 25.7. The minimum Gasteiger partial charge on any atom is -0.322 e. The van der Waals surface area contributed by atoms with Crippen LogP contribution in [0.3, 0.4) is 0 Å². The van der Waals surface area contributed by atoms with E-state index in [1.54, 1.807) is 48.5 Å². The van der Waals surface area contributed by atoms with Crippen molar-refractivity contribution in [3.05, 3.63) is 114 Å². The number of urea groups is 1. The second-order valence-electron chi connectivity index (χ2n) is 8.11. The molecule has 0 aliphatic heterocycles. The van der Waals surface area contributed by atoms with E-state index in [9.17, 15) is 22.8 Å². The van der Waals surface area contributed by atoms with Crippen molar-refractivity contribution in [2.45, 2.75) is 13.1 Å². The minimum atomic E-state index is -4.53. The lowest BCUT2D eigenvalue weighted by Crippen LogP contribution is -2.20. The Kier molecular flexibility index (Phi) is 7.05. The molecule has 0 atom stereocenters. The molecule has 3 N–H and O–H groups in total. The van der Waals surface area contributed by atoms with Crippen LogP contribution < -0.4 is 16.0 Å². The molecule has 0 saturated heterocycles. The van der Waals surface area contributed by atoms with E-state index in [0.717, 1.165) is 23.3 Å². The molecule has 4 aromatic rings. The Morgan fingerprint density at radius 1 is 0.694 bits per heavy atom. The van der Waals surface area contributed by atoms with Gasteiger partial charge in [-0.05, 0) is 55.0 Å². The van der Waals surface area contributed by atoms with Gasteiger partial charge in [-0.3, -0.25) is 4.79 Å². The molecule has 0 heterocycles. The Morgan fingerprint density at radius 2 is 1.42 bits per heavy atom. The van der Waals surface area contributed by atoms with Crippen LogP contribution in [0.25, 0.3) is 11.1 Å². The number of hydrogen-bond donors (Lipinski definition) is 3.